The Hall–Kier alpha value is -2.78. The predicted molar refractivity (Wildman–Crippen MR) is 113 cm³/mol. The molecule has 0 spiro atoms. The molecule has 1 fully saturated rings. The highest BCUT2D eigenvalue weighted by Crippen LogP contribution is 2.23. The van der Waals surface area contributed by atoms with Crippen LogP contribution >= 0.6 is 22.9 Å². The fourth-order valence-electron chi connectivity index (χ4n) is 3.30. The van der Waals surface area contributed by atoms with Crippen LogP contribution in [0, 0.1) is 5.92 Å². The number of halogens is 1. The molecule has 0 atom stereocenters. The van der Waals surface area contributed by atoms with Crippen LogP contribution in [0.25, 0.3) is 10.7 Å². The zero-order valence-corrected chi connectivity index (χ0v) is 17.7. The summed E-state index contributed by atoms with van der Waals surface area (Å²) in [6.07, 6.45) is 3.44. The zero-order chi connectivity index (χ0) is 20.9. The van der Waals surface area contributed by atoms with E-state index in [1.54, 1.807) is 17.0 Å². The van der Waals surface area contributed by atoms with Crippen LogP contribution < -0.4 is 5.32 Å². The molecule has 1 aliphatic rings. The topological polar surface area (TPSA) is 101 Å². The Morgan fingerprint density at radius 3 is 2.80 bits per heavy atom. The molecule has 8 nitrogen and oxygen atoms in total. The van der Waals surface area contributed by atoms with E-state index in [0.717, 1.165) is 4.88 Å². The van der Waals surface area contributed by atoms with Crippen molar-refractivity contribution in [3.63, 3.8) is 0 Å². The van der Waals surface area contributed by atoms with Gasteiger partial charge in [-0.3, -0.25) is 9.59 Å². The molecule has 3 aromatic heterocycles. The molecule has 30 heavy (non-hydrogen) atoms. The minimum Gasteiger partial charge on any atom is -0.343 e. The Labute approximate surface area is 182 Å². The molecule has 0 saturated carbocycles. The number of nitrogens with one attached hydrogen (secondary N) is 1. The van der Waals surface area contributed by atoms with E-state index in [-0.39, 0.29) is 17.7 Å². The summed E-state index contributed by atoms with van der Waals surface area (Å²) in [5, 5.41) is 9.23. The molecule has 4 heterocycles. The summed E-state index contributed by atoms with van der Waals surface area (Å²) in [6.45, 7) is 1.10. The highest BCUT2D eigenvalue weighted by atomic mass is 35.5. The number of anilines is 1. The molecule has 4 rings (SSSR count). The third-order valence-electron chi connectivity index (χ3n) is 4.96. The Balaban J connectivity index is 1.22. The van der Waals surface area contributed by atoms with Crippen molar-refractivity contribution < 1.29 is 14.1 Å². The number of carbonyl (C=O) groups is 2. The second kappa shape index (κ2) is 9.36. The van der Waals surface area contributed by atoms with Gasteiger partial charge in [0.15, 0.2) is 0 Å². The van der Waals surface area contributed by atoms with Crippen LogP contribution in [-0.2, 0) is 16.0 Å². The third-order valence-corrected chi connectivity index (χ3v) is 6.05. The first-order valence-corrected chi connectivity index (χ1v) is 10.9. The van der Waals surface area contributed by atoms with E-state index in [0.29, 0.717) is 61.3 Å². The Morgan fingerprint density at radius 1 is 1.27 bits per heavy atom. The first-order valence-electron chi connectivity index (χ1n) is 9.65. The number of pyridine rings is 1. The van der Waals surface area contributed by atoms with Gasteiger partial charge in [-0.1, -0.05) is 22.8 Å². The first-order chi connectivity index (χ1) is 14.6. The monoisotopic (exact) mass is 445 g/mol. The van der Waals surface area contributed by atoms with Crippen molar-refractivity contribution in [3.05, 3.63) is 46.8 Å². The van der Waals surface area contributed by atoms with Crippen molar-refractivity contribution in [2.24, 2.45) is 5.92 Å². The van der Waals surface area contributed by atoms with E-state index in [1.165, 1.54) is 17.5 Å². The van der Waals surface area contributed by atoms with Crippen LogP contribution in [0.1, 0.15) is 25.2 Å². The van der Waals surface area contributed by atoms with Crippen molar-refractivity contribution in [2.75, 3.05) is 18.4 Å². The lowest BCUT2D eigenvalue weighted by atomic mass is 9.95. The number of hydrogen-bond acceptors (Lipinski definition) is 7. The highest BCUT2D eigenvalue weighted by Gasteiger charge is 2.27. The van der Waals surface area contributed by atoms with E-state index < -0.39 is 0 Å². The predicted octanol–water partition coefficient (Wildman–Crippen LogP) is 3.66. The molecule has 1 N–H and O–H groups in total. The number of thiophene rings is 1. The second-order valence-corrected chi connectivity index (χ2v) is 8.38. The molecule has 1 aliphatic heterocycles. The third kappa shape index (κ3) is 5.03. The van der Waals surface area contributed by atoms with Gasteiger partial charge in [-0.15, -0.1) is 11.3 Å². The van der Waals surface area contributed by atoms with Crippen LogP contribution in [0.5, 0.6) is 0 Å². The Bertz CT molecular complexity index is 998. The van der Waals surface area contributed by atoms with Gasteiger partial charge in [0.05, 0.1) is 9.90 Å². The SMILES string of the molecule is O=C(Nc1ccc(Cl)cn1)C1CCN(C(=O)CCc2nc(-c3cccs3)no2)CC1. The largest absolute Gasteiger partial charge is 0.343 e. The van der Waals surface area contributed by atoms with Gasteiger partial charge in [-0.05, 0) is 36.4 Å². The average molecular weight is 446 g/mol. The van der Waals surface area contributed by atoms with Gasteiger partial charge >= 0.3 is 0 Å². The quantitative estimate of drug-likeness (QED) is 0.621. The van der Waals surface area contributed by atoms with Gasteiger partial charge in [-0.25, -0.2) is 4.98 Å². The van der Waals surface area contributed by atoms with Gasteiger partial charge in [-0.2, -0.15) is 4.98 Å². The van der Waals surface area contributed by atoms with Crippen molar-refractivity contribution in [1.29, 1.82) is 0 Å². The molecule has 2 amide bonds. The summed E-state index contributed by atoms with van der Waals surface area (Å²) in [5.41, 5.74) is 0. The number of hydrogen-bond donors (Lipinski definition) is 1. The minimum atomic E-state index is -0.143. The lowest BCUT2D eigenvalue weighted by Gasteiger charge is -2.31. The van der Waals surface area contributed by atoms with Crippen molar-refractivity contribution in [1.82, 2.24) is 20.0 Å². The van der Waals surface area contributed by atoms with Gasteiger partial charge < -0.3 is 14.7 Å². The molecule has 156 valence electrons. The maximum atomic E-state index is 12.5. The standard InChI is InChI=1S/C20H20ClN5O3S/c21-14-3-4-16(22-12-14)23-20(28)13-7-9-26(10-8-13)18(27)6-5-17-24-19(25-29-17)15-2-1-11-30-15/h1-4,11-13H,5-10H2,(H,22,23,28). The summed E-state index contributed by atoms with van der Waals surface area (Å²) in [6, 6.07) is 7.20. The van der Waals surface area contributed by atoms with Crippen molar-refractivity contribution in [2.45, 2.75) is 25.7 Å². The highest BCUT2D eigenvalue weighted by molar-refractivity contribution is 7.13. The summed E-state index contributed by atoms with van der Waals surface area (Å²) < 4.78 is 5.25. The maximum Gasteiger partial charge on any atom is 0.228 e. The number of carbonyl (C=O) groups excluding carboxylic acids is 2. The van der Waals surface area contributed by atoms with Gasteiger partial charge in [0.2, 0.25) is 23.5 Å². The second-order valence-electron chi connectivity index (χ2n) is 6.99. The molecule has 0 aromatic carbocycles. The van der Waals surface area contributed by atoms with Gasteiger partial charge in [0.25, 0.3) is 0 Å². The number of piperidine rings is 1. The summed E-state index contributed by atoms with van der Waals surface area (Å²) in [4.78, 5) is 36.1. The average Bonchev–Trinajstić information content (AvgIpc) is 3.45. The van der Waals surface area contributed by atoms with E-state index >= 15 is 0 Å². The summed E-state index contributed by atoms with van der Waals surface area (Å²) >= 11 is 7.34. The number of nitrogens with zero attached hydrogens (tertiary/aromatic N) is 4. The summed E-state index contributed by atoms with van der Waals surface area (Å²) in [5.74, 6) is 1.29. The zero-order valence-electron chi connectivity index (χ0n) is 16.1. The van der Waals surface area contributed by atoms with Crippen LogP contribution in [0.15, 0.2) is 40.4 Å². The van der Waals surface area contributed by atoms with Crippen LogP contribution in [0.3, 0.4) is 0 Å². The summed E-state index contributed by atoms with van der Waals surface area (Å²) in [7, 11) is 0. The lowest BCUT2D eigenvalue weighted by Crippen LogP contribution is -2.41. The maximum absolute atomic E-state index is 12.5. The molecule has 3 aromatic rings. The Morgan fingerprint density at radius 2 is 2.10 bits per heavy atom. The van der Waals surface area contributed by atoms with Crippen molar-refractivity contribution in [3.8, 4) is 10.7 Å². The normalized spacial score (nSPS) is 14.6. The Kier molecular flexibility index (Phi) is 6.39. The number of likely N-dealkylation sites (tertiary alicyclic amines) is 1. The first kappa shape index (κ1) is 20.5. The molecular formula is C20H20ClN5O3S. The van der Waals surface area contributed by atoms with Gasteiger partial charge in [0.1, 0.15) is 5.82 Å². The smallest absolute Gasteiger partial charge is 0.228 e. The molecule has 0 radical (unpaired) electrons. The minimum absolute atomic E-state index is 0.0316. The van der Waals surface area contributed by atoms with Crippen LogP contribution in [-0.4, -0.2) is 44.9 Å². The number of rotatable bonds is 6. The molecule has 0 unspecified atom stereocenters. The lowest BCUT2D eigenvalue weighted by molar-refractivity contribution is -0.134. The molecule has 1 saturated heterocycles. The molecule has 10 heteroatoms. The fraction of sp³-hybridized carbons (Fsp3) is 0.350. The van der Waals surface area contributed by atoms with E-state index in [4.69, 9.17) is 16.1 Å². The van der Waals surface area contributed by atoms with E-state index in [2.05, 4.69) is 20.4 Å². The van der Waals surface area contributed by atoms with E-state index in [9.17, 15) is 9.59 Å². The molecule has 0 bridgehead atoms. The van der Waals surface area contributed by atoms with Crippen molar-refractivity contribution >= 4 is 40.6 Å². The number of amides is 2. The number of aryl methyl sites for hydroxylation is 1. The number of aromatic nitrogens is 3. The van der Waals surface area contributed by atoms with Crippen LogP contribution in [0.2, 0.25) is 5.02 Å². The van der Waals surface area contributed by atoms with Gasteiger partial charge in [0, 0.05) is 38.0 Å². The molecular weight excluding hydrogens is 426 g/mol. The fourth-order valence-corrected chi connectivity index (χ4v) is 4.06. The van der Waals surface area contributed by atoms with E-state index in [1.807, 2.05) is 17.5 Å². The van der Waals surface area contributed by atoms with Crippen LogP contribution in [0.4, 0.5) is 5.82 Å². The molecule has 0 aliphatic carbocycles.